The summed E-state index contributed by atoms with van der Waals surface area (Å²) in [5, 5.41) is 14.9. The van der Waals surface area contributed by atoms with Crippen LogP contribution in [0.5, 0.6) is 0 Å². The molecule has 0 aliphatic heterocycles. The molecule has 170 valence electrons. The first kappa shape index (κ1) is 22.0. The highest BCUT2D eigenvalue weighted by Crippen LogP contribution is 2.30. The van der Waals surface area contributed by atoms with Crippen molar-refractivity contribution in [1.82, 2.24) is 29.5 Å². The second-order valence-corrected chi connectivity index (χ2v) is 7.89. The Bertz CT molecular complexity index is 1230. The Balaban J connectivity index is 1.76. The van der Waals surface area contributed by atoms with Gasteiger partial charge in [0.25, 0.3) is 5.91 Å². The van der Waals surface area contributed by atoms with Crippen LogP contribution in [0.25, 0.3) is 22.4 Å². The van der Waals surface area contributed by atoms with Crippen molar-refractivity contribution in [2.24, 2.45) is 25.6 Å². The normalized spacial score (nSPS) is 11.9. The largest absolute Gasteiger partial charge is 0.368 e. The summed E-state index contributed by atoms with van der Waals surface area (Å²) in [5.74, 6) is 0.498. The maximum atomic E-state index is 12.0. The molecule has 0 aromatic carbocycles. The smallest absolute Gasteiger partial charge is 0.252 e. The monoisotopic (exact) mass is 446 g/mol. The summed E-state index contributed by atoms with van der Waals surface area (Å²) < 4.78 is 3.45. The highest BCUT2D eigenvalue weighted by molar-refractivity contribution is 5.99. The van der Waals surface area contributed by atoms with E-state index in [2.05, 4.69) is 25.8 Å². The number of rotatable bonds is 8. The van der Waals surface area contributed by atoms with Gasteiger partial charge in [-0.05, 0) is 24.6 Å². The predicted molar refractivity (Wildman–Crippen MR) is 127 cm³/mol. The Morgan fingerprint density at radius 1 is 1.00 bits per heavy atom. The number of nitrogens with two attached hydrogens (primary N) is 2. The molecule has 0 fully saturated rings. The van der Waals surface area contributed by atoms with Gasteiger partial charge in [-0.2, -0.15) is 10.2 Å². The number of carbonyl (C=O) groups is 1. The molecule has 0 bridgehead atoms. The summed E-state index contributed by atoms with van der Waals surface area (Å²) in [6.45, 7) is 2.42. The van der Waals surface area contributed by atoms with Gasteiger partial charge in [0.2, 0.25) is 0 Å². The molecular weight excluding hydrogens is 420 g/mol. The van der Waals surface area contributed by atoms with Gasteiger partial charge in [0, 0.05) is 62.5 Å². The van der Waals surface area contributed by atoms with Crippen molar-refractivity contribution in [3.8, 4) is 22.4 Å². The van der Waals surface area contributed by atoms with Crippen LogP contribution in [0.2, 0.25) is 0 Å². The lowest BCUT2D eigenvalue weighted by Gasteiger charge is -2.14. The Labute approximate surface area is 190 Å². The molecular formula is C22H26N10O. The zero-order valence-electron chi connectivity index (χ0n) is 18.6. The van der Waals surface area contributed by atoms with Gasteiger partial charge in [-0.15, -0.1) is 0 Å². The summed E-state index contributed by atoms with van der Waals surface area (Å²) in [4.78, 5) is 21.0. The lowest BCUT2D eigenvalue weighted by molar-refractivity contribution is 0.100. The first-order chi connectivity index (χ1) is 15.8. The van der Waals surface area contributed by atoms with Crippen LogP contribution in [0.15, 0.2) is 49.2 Å². The maximum Gasteiger partial charge on any atom is 0.252 e. The van der Waals surface area contributed by atoms with Gasteiger partial charge in [-0.25, -0.2) is 9.97 Å². The lowest BCUT2D eigenvalue weighted by atomic mass is 10.1. The number of carbonyl (C=O) groups excluding carboxylic acids is 1. The molecule has 6 N–H and O–H groups in total. The van der Waals surface area contributed by atoms with Crippen LogP contribution in [0.3, 0.4) is 0 Å². The van der Waals surface area contributed by atoms with E-state index in [-0.39, 0.29) is 11.6 Å². The van der Waals surface area contributed by atoms with Crippen molar-refractivity contribution >= 4 is 23.2 Å². The van der Waals surface area contributed by atoms with Gasteiger partial charge in [-0.1, -0.05) is 0 Å². The predicted octanol–water partition coefficient (Wildman–Crippen LogP) is 1.88. The van der Waals surface area contributed by atoms with Crippen molar-refractivity contribution in [2.45, 2.75) is 13.0 Å². The molecule has 0 unspecified atom stereocenters. The second-order valence-electron chi connectivity index (χ2n) is 7.89. The Kier molecular flexibility index (Phi) is 6.05. The van der Waals surface area contributed by atoms with Gasteiger partial charge in [0.1, 0.15) is 11.6 Å². The van der Waals surface area contributed by atoms with Crippen LogP contribution in [0.4, 0.5) is 17.3 Å². The summed E-state index contributed by atoms with van der Waals surface area (Å²) >= 11 is 0. The standard InChI is InChI=1S/C22H26N10O/c1-13(23)7-25-20-6-19(17(10-26-20)22(24)33)30-21-5-14(15-8-27-31(2)11-15)4-18(29-21)16-9-28-32(3)12-16/h4-6,8-13H,7,23H2,1-3H3,(H2,24,33)(H2,25,26,29,30)/t13-/m0/s1. The number of aromatic nitrogens is 6. The Hall–Kier alpha value is -4.25. The minimum atomic E-state index is -0.598. The highest BCUT2D eigenvalue weighted by atomic mass is 16.1. The van der Waals surface area contributed by atoms with E-state index >= 15 is 0 Å². The SMILES string of the molecule is C[C@H](N)CNc1cc(Nc2cc(-c3cnn(C)c3)cc(-c3cnn(C)c3)n2)c(C(N)=O)cn1. The quantitative estimate of drug-likeness (QED) is 0.320. The average molecular weight is 447 g/mol. The summed E-state index contributed by atoms with van der Waals surface area (Å²) in [6, 6.07) is 5.51. The second kappa shape index (κ2) is 9.09. The number of hydrogen-bond donors (Lipinski definition) is 4. The van der Waals surface area contributed by atoms with Crippen molar-refractivity contribution in [3.05, 3.63) is 54.7 Å². The van der Waals surface area contributed by atoms with Crippen LogP contribution >= 0.6 is 0 Å². The third-order valence-corrected chi connectivity index (χ3v) is 4.90. The van der Waals surface area contributed by atoms with E-state index in [1.807, 2.05) is 45.5 Å². The van der Waals surface area contributed by atoms with E-state index in [4.69, 9.17) is 16.5 Å². The van der Waals surface area contributed by atoms with E-state index in [1.165, 1.54) is 6.20 Å². The number of primary amides is 1. The van der Waals surface area contributed by atoms with Crippen LogP contribution in [-0.4, -0.2) is 48.0 Å². The van der Waals surface area contributed by atoms with Gasteiger partial charge in [-0.3, -0.25) is 14.2 Å². The molecule has 0 aliphatic rings. The molecule has 0 saturated carbocycles. The third kappa shape index (κ3) is 5.15. The van der Waals surface area contributed by atoms with Gasteiger partial charge < -0.3 is 22.1 Å². The van der Waals surface area contributed by atoms with Crippen molar-refractivity contribution < 1.29 is 4.79 Å². The van der Waals surface area contributed by atoms with Gasteiger partial charge >= 0.3 is 0 Å². The molecule has 11 nitrogen and oxygen atoms in total. The molecule has 0 aliphatic carbocycles. The molecule has 1 amide bonds. The molecule has 33 heavy (non-hydrogen) atoms. The minimum Gasteiger partial charge on any atom is -0.368 e. The fourth-order valence-electron chi connectivity index (χ4n) is 3.29. The summed E-state index contributed by atoms with van der Waals surface area (Å²) in [7, 11) is 3.71. The molecule has 1 atom stereocenters. The minimum absolute atomic E-state index is 0.0566. The lowest BCUT2D eigenvalue weighted by Crippen LogP contribution is -2.25. The summed E-state index contributed by atoms with van der Waals surface area (Å²) in [6.07, 6.45) is 8.76. The zero-order chi connectivity index (χ0) is 23.5. The fraction of sp³-hybridized carbons (Fsp3) is 0.227. The van der Waals surface area contributed by atoms with E-state index in [9.17, 15) is 4.79 Å². The third-order valence-electron chi connectivity index (χ3n) is 4.90. The average Bonchev–Trinajstić information content (AvgIpc) is 3.40. The van der Waals surface area contributed by atoms with Crippen LogP contribution in [0.1, 0.15) is 17.3 Å². The van der Waals surface area contributed by atoms with E-state index < -0.39 is 5.91 Å². The van der Waals surface area contributed by atoms with Crippen LogP contribution in [-0.2, 0) is 14.1 Å². The number of nitrogens with zero attached hydrogens (tertiary/aromatic N) is 6. The number of nitrogens with one attached hydrogen (secondary N) is 2. The number of pyridine rings is 2. The zero-order valence-corrected chi connectivity index (χ0v) is 18.6. The van der Waals surface area contributed by atoms with Gasteiger partial charge in [0.05, 0.1) is 29.3 Å². The fourth-order valence-corrected chi connectivity index (χ4v) is 3.29. The number of anilines is 3. The number of aryl methyl sites for hydroxylation is 2. The molecule has 11 heteroatoms. The van der Waals surface area contributed by atoms with Gasteiger partial charge in [0.15, 0.2) is 0 Å². The van der Waals surface area contributed by atoms with E-state index in [0.717, 1.165) is 22.4 Å². The van der Waals surface area contributed by atoms with E-state index in [1.54, 1.807) is 27.8 Å². The molecule has 0 saturated heterocycles. The van der Waals surface area contributed by atoms with Crippen molar-refractivity contribution in [2.75, 3.05) is 17.2 Å². The van der Waals surface area contributed by atoms with E-state index in [0.29, 0.717) is 23.9 Å². The maximum absolute atomic E-state index is 12.0. The molecule has 0 radical (unpaired) electrons. The molecule has 0 spiro atoms. The topological polar surface area (TPSA) is 155 Å². The number of hydrogen-bond acceptors (Lipinski definition) is 8. The highest BCUT2D eigenvalue weighted by Gasteiger charge is 2.14. The molecule has 4 rings (SSSR count). The number of amides is 1. The van der Waals surface area contributed by atoms with Crippen molar-refractivity contribution in [1.29, 1.82) is 0 Å². The first-order valence-electron chi connectivity index (χ1n) is 10.3. The Morgan fingerprint density at radius 3 is 2.30 bits per heavy atom. The Morgan fingerprint density at radius 2 is 1.70 bits per heavy atom. The molecule has 4 aromatic rings. The van der Waals surface area contributed by atoms with Crippen LogP contribution < -0.4 is 22.1 Å². The molecule has 4 aromatic heterocycles. The molecule has 4 heterocycles. The van der Waals surface area contributed by atoms with Crippen molar-refractivity contribution in [3.63, 3.8) is 0 Å². The summed E-state index contributed by atoms with van der Waals surface area (Å²) in [5.41, 5.74) is 15.6. The first-order valence-corrected chi connectivity index (χ1v) is 10.3. The van der Waals surface area contributed by atoms with Crippen LogP contribution in [0, 0.1) is 0 Å².